The van der Waals surface area contributed by atoms with E-state index < -0.39 is 0 Å². The molecule has 0 aromatic carbocycles. The highest BCUT2D eigenvalue weighted by molar-refractivity contribution is 5.87. The molecular weight excluding hydrogens is 202 g/mol. The molecule has 0 spiro atoms. The zero-order valence-corrected chi connectivity index (χ0v) is 9.35. The standard InChI is InChI=1S/C11H15N5/c1-15-10-9(3-2-4-13-10)11(14-15)16-7-5-12-6-8-16/h2-4,12H,5-8H2,1H3. The summed E-state index contributed by atoms with van der Waals surface area (Å²) in [6.07, 6.45) is 1.81. The molecule has 16 heavy (non-hydrogen) atoms. The molecule has 1 N–H and O–H groups in total. The Morgan fingerprint density at radius 3 is 2.94 bits per heavy atom. The summed E-state index contributed by atoms with van der Waals surface area (Å²) in [6.45, 7) is 4.08. The maximum Gasteiger partial charge on any atom is 0.160 e. The van der Waals surface area contributed by atoms with Crippen molar-refractivity contribution in [2.75, 3.05) is 31.1 Å². The van der Waals surface area contributed by atoms with Crippen LogP contribution in [0.4, 0.5) is 5.82 Å². The summed E-state index contributed by atoms with van der Waals surface area (Å²) in [7, 11) is 1.95. The summed E-state index contributed by atoms with van der Waals surface area (Å²) in [5.41, 5.74) is 0.955. The quantitative estimate of drug-likeness (QED) is 0.750. The normalized spacial score (nSPS) is 16.9. The summed E-state index contributed by atoms with van der Waals surface area (Å²) in [5, 5.41) is 9.06. The minimum absolute atomic E-state index is 0.955. The molecule has 0 radical (unpaired) electrons. The Hall–Kier alpha value is -1.62. The zero-order valence-electron chi connectivity index (χ0n) is 9.35. The van der Waals surface area contributed by atoms with E-state index >= 15 is 0 Å². The first-order valence-electron chi connectivity index (χ1n) is 5.59. The van der Waals surface area contributed by atoms with E-state index in [9.17, 15) is 0 Å². The number of anilines is 1. The molecule has 0 amide bonds. The van der Waals surface area contributed by atoms with Crippen molar-refractivity contribution in [3.63, 3.8) is 0 Å². The first-order chi connectivity index (χ1) is 7.86. The van der Waals surface area contributed by atoms with E-state index in [0.29, 0.717) is 0 Å². The van der Waals surface area contributed by atoms with Gasteiger partial charge in [0.05, 0.1) is 5.39 Å². The fourth-order valence-corrected chi connectivity index (χ4v) is 2.18. The van der Waals surface area contributed by atoms with Crippen LogP contribution in [0.2, 0.25) is 0 Å². The summed E-state index contributed by atoms with van der Waals surface area (Å²) >= 11 is 0. The summed E-state index contributed by atoms with van der Waals surface area (Å²) in [5.74, 6) is 1.06. The topological polar surface area (TPSA) is 46.0 Å². The van der Waals surface area contributed by atoms with E-state index in [2.05, 4.69) is 26.4 Å². The highest BCUT2D eigenvalue weighted by Gasteiger charge is 2.17. The van der Waals surface area contributed by atoms with Crippen LogP contribution in [-0.2, 0) is 7.05 Å². The Bertz CT molecular complexity index is 498. The zero-order chi connectivity index (χ0) is 11.0. The third kappa shape index (κ3) is 1.44. The number of fused-ring (bicyclic) bond motifs is 1. The SMILES string of the molecule is Cn1nc(N2CCNCC2)c2cccnc21. The van der Waals surface area contributed by atoms with Crippen molar-refractivity contribution in [2.45, 2.75) is 0 Å². The number of pyridine rings is 1. The average molecular weight is 217 g/mol. The average Bonchev–Trinajstić information content (AvgIpc) is 2.69. The van der Waals surface area contributed by atoms with Crippen LogP contribution in [-0.4, -0.2) is 40.9 Å². The first kappa shape index (κ1) is 9.59. The van der Waals surface area contributed by atoms with E-state index in [-0.39, 0.29) is 0 Å². The lowest BCUT2D eigenvalue weighted by molar-refractivity contribution is 0.582. The van der Waals surface area contributed by atoms with Crippen LogP contribution in [0.15, 0.2) is 18.3 Å². The van der Waals surface area contributed by atoms with Crippen LogP contribution in [0.3, 0.4) is 0 Å². The van der Waals surface area contributed by atoms with Gasteiger partial charge in [0.1, 0.15) is 0 Å². The summed E-state index contributed by atoms with van der Waals surface area (Å²) in [6, 6.07) is 4.06. The van der Waals surface area contributed by atoms with Gasteiger partial charge in [-0.3, -0.25) is 0 Å². The molecule has 1 aliphatic rings. The lowest BCUT2D eigenvalue weighted by Gasteiger charge is -2.27. The van der Waals surface area contributed by atoms with Crippen LogP contribution < -0.4 is 10.2 Å². The highest BCUT2D eigenvalue weighted by atomic mass is 15.4. The molecule has 1 fully saturated rings. The summed E-state index contributed by atoms with van der Waals surface area (Å²) < 4.78 is 1.85. The van der Waals surface area contributed by atoms with Crippen molar-refractivity contribution in [1.82, 2.24) is 20.1 Å². The maximum atomic E-state index is 4.57. The van der Waals surface area contributed by atoms with Crippen molar-refractivity contribution in [2.24, 2.45) is 7.05 Å². The lowest BCUT2D eigenvalue weighted by atomic mass is 10.3. The van der Waals surface area contributed by atoms with Crippen molar-refractivity contribution >= 4 is 16.9 Å². The molecule has 84 valence electrons. The van der Waals surface area contributed by atoms with E-state index in [4.69, 9.17) is 0 Å². The lowest BCUT2D eigenvalue weighted by Crippen LogP contribution is -2.43. The minimum Gasteiger partial charge on any atom is -0.352 e. The van der Waals surface area contributed by atoms with Gasteiger partial charge in [0.2, 0.25) is 0 Å². The van der Waals surface area contributed by atoms with Crippen molar-refractivity contribution in [1.29, 1.82) is 0 Å². The van der Waals surface area contributed by atoms with Gasteiger partial charge < -0.3 is 10.2 Å². The molecule has 5 nitrogen and oxygen atoms in total. The molecule has 2 aromatic rings. The molecule has 2 aromatic heterocycles. The monoisotopic (exact) mass is 217 g/mol. The molecule has 0 bridgehead atoms. The molecule has 0 aliphatic carbocycles. The van der Waals surface area contributed by atoms with Crippen molar-refractivity contribution < 1.29 is 0 Å². The van der Waals surface area contributed by atoms with E-state index in [1.54, 1.807) is 0 Å². The third-order valence-electron chi connectivity index (χ3n) is 3.00. The number of piperazine rings is 1. The van der Waals surface area contributed by atoms with E-state index in [1.807, 2.05) is 24.0 Å². The fraction of sp³-hybridized carbons (Fsp3) is 0.455. The number of nitrogens with zero attached hydrogens (tertiary/aromatic N) is 4. The van der Waals surface area contributed by atoms with Crippen LogP contribution in [0, 0.1) is 0 Å². The number of hydrogen-bond acceptors (Lipinski definition) is 4. The second kappa shape index (κ2) is 3.75. The largest absolute Gasteiger partial charge is 0.352 e. The number of rotatable bonds is 1. The van der Waals surface area contributed by atoms with Gasteiger partial charge >= 0.3 is 0 Å². The van der Waals surface area contributed by atoms with Gasteiger partial charge in [0, 0.05) is 39.4 Å². The molecule has 1 aliphatic heterocycles. The van der Waals surface area contributed by atoms with Crippen LogP contribution in [0.25, 0.3) is 11.0 Å². The Morgan fingerprint density at radius 1 is 1.31 bits per heavy atom. The maximum absolute atomic E-state index is 4.57. The Kier molecular flexibility index (Phi) is 2.25. The molecule has 0 saturated carbocycles. The molecule has 0 unspecified atom stereocenters. The Balaban J connectivity index is 2.08. The second-order valence-electron chi connectivity index (χ2n) is 4.06. The van der Waals surface area contributed by atoms with Gasteiger partial charge in [0.15, 0.2) is 11.5 Å². The molecular formula is C11H15N5. The van der Waals surface area contributed by atoms with E-state index in [1.165, 1.54) is 0 Å². The number of aryl methyl sites for hydroxylation is 1. The molecule has 1 saturated heterocycles. The van der Waals surface area contributed by atoms with Crippen LogP contribution in [0.1, 0.15) is 0 Å². The van der Waals surface area contributed by atoms with Gasteiger partial charge in [-0.05, 0) is 12.1 Å². The van der Waals surface area contributed by atoms with Crippen LogP contribution >= 0.6 is 0 Å². The highest BCUT2D eigenvalue weighted by Crippen LogP contribution is 2.23. The fourth-order valence-electron chi connectivity index (χ4n) is 2.18. The Morgan fingerprint density at radius 2 is 2.12 bits per heavy atom. The summed E-state index contributed by atoms with van der Waals surface area (Å²) in [4.78, 5) is 6.67. The molecule has 3 heterocycles. The predicted octanol–water partition coefficient (Wildman–Crippen LogP) is 0.378. The smallest absolute Gasteiger partial charge is 0.160 e. The van der Waals surface area contributed by atoms with Crippen molar-refractivity contribution in [3.05, 3.63) is 18.3 Å². The molecule has 5 heteroatoms. The van der Waals surface area contributed by atoms with Crippen LogP contribution in [0.5, 0.6) is 0 Å². The predicted molar refractivity (Wildman–Crippen MR) is 63.6 cm³/mol. The van der Waals surface area contributed by atoms with E-state index in [0.717, 1.165) is 43.0 Å². The number of hydrogen-bond donors (Lipinski definition) is 1. The van der Waals surface area contributed by atoms with Gasteiger partial charge in [-0.2, -0.15) is 5.10 Å². The second-order valence-corrected chi connectivity index (χ2v) is 4.06. The van der Waals surface area contributed by atoms with Gasteiger partial charge in [0.25, 0.3) is 0 Å². The van der Waals surface area contributed by atoms with Gasteiger partial charge in [-0.25, -0.2) is 9.67 Å². The number of aromatic nitrogens is 3. The van der Waals surface area contributed by atoms with Crippen molar-refractivity contribution in [3.8, 4) is 0 Å². The van der Waals surface area contributed by atoms with Gasteiger partial charge in [-0.1, -0.05) is 0 Å². The molecule has 0 atom stereocenters. The minimum atomic E-state index is 0.955. The molecule has 3 rings (SSSR count). The first-order valence-corrected chi connectivity index (χ1v) is 5.59. The third-order valence-corrected chi connectivity index (χ3v) is 3.00. The van der Waals surface area contributed by atoms with Gasteiger partial charge in [-0.15, -0.1) is 0 Å². The number of nitrogens with one attached hydrogen (secondary N) is 1. The Labute approximate surface area is 94.1 Å².